The predicted molar refractivity (Wildman–Crippen MR) is 64.3 cm³/mol. The van der Waals surface area contributed by atoms with Crippen LogP contribution in [0.1, 0.15) is 4.88 Å². The monoisotopic (exact) mass is 309 g/mol. The Kier molecular flexibility index (Phi) is 3.38. The molecule has 2 heterocycles. The molecule has 0 aromatic carbocycles. The number of hydrogen-bond acceptors (Lipinski definition) is 5. The molecule has 0 bridgehead atoms. The van der Waals surface area contributed by atoms with Crippen molar-refractivity contribution in [3.8, 4) is 0 Å². The fraction of sp³-hybridized carbons (Fsp3) is 0.143. The van der Waals surface area contributed by atoms with Crippen molar-refractivity contribution in [2.75, 3.05) is 5.32 Å². The highest BCUT2D eigenvalue weighted by molar-refractivity contribution is 9.11. The minimum absolute atomic E-state index is 0.735. The molecule has 0 saturated heterocycles. The van der Waals surface area contributed by atoms with Gasteiger partial charge in [0, 0.05) is 4.88 Å². The molecule has 0 radical (unpaired) electrons. The van der Waals surface area contributed by atoms with Crippen LogP contribution in [0.2, 0.25) is 4.34 Å². The Morgan fingerprint density at radius 3 is 2.79 bits per heavy atom. The lowest BCUT2D eigenvalue weighted by Gasteiger charge is -1.96. The van der Waals surface area contributed by atoms with Gasteiger partial charge in [0.05, 0.1) is 10.9 Å². The highest BCUT2D eigenvalue weighted by Gasteiger charge is 2.01. The highest BCUT2D eigenvalue weighted by atomic mass is 79.9. The quantitative estimate of drug-likeness (QED) is 0.941. The molecule has 0 aliphatic heterocycles. The van der Waals surface area contributed by atoms with Gasteiger partial charge < -0.3 is 5.32 Å². The Labute approximate surface area is 102 Å². The lowest BCUT2D eigenvalue weighted by Crippen LogP contribution is -1.96. The van der Waals surface area contributed by atoms with E-state index in [1.54, 1.807) is 11.3 Å². The molecule has 1 N–H and O–H groups in total. The molecule has 2 rings (SSSR count). The number of halogens is 2. The molecule has 3 nitrogen and oxygen atoms in total. The van der Waals surface area contributed by atoms with Crippen LogP contribution in [0, 0.1) is 0 Å². The molecule has 7 heteroatoms. The van der Waals surface area contributed by atoms with E-state index in [-0.39, 0.29) is 0 Å². The van der Waals surface area contributed by atoms with E-state index in [9.17, 15) is 0 Å². The van der Waals surface area contributed by atoms with Crippen molar-refractivity contribution in [2.24, 2.45) is 0 Å². The first-order chi connectivity index (χ1) is 6.74. The lowest BCUT2D eigenvalue weighted by atomic mass is 10.5. The smallest absolute Gasteiger partial charge is 0.206 e. The number of hydrogen-bond donors (Lipinski definition) is 1. The fourth-order valence-corrected chi connectivity index (χ4v) is 2.92. The second-order valence-corrected chi connectivity index (χ2v) is 6.47. The van der Waals surface area contributed by atoms with Gasteiger partial charge >= 0.3 is 0 Å². The molecule has 2 aromatic heterocycles. The summed E-state index contributed by atoms with van der Waals surface area (Å²) in [5.74, 6) is 0. The molecule has 0 unspecified atom stereocenters. The van der Waals surface area contributed by atoms with Gasteiger partial charge in [-0.25, -0.2) is 0 Å². The molecule has 2 aromatic rings. The van der Waals surface area contributed by atoms with Crippen molar-refractivity contribution in [3.63, 3.8) is 0 Å². The zero-order chi connectivity index (χ0) is 9.97. The van der Waals surface area contributed by atoms with Crippen molar-refractivity contribution in [1.82, 2.24) is 10.2 Å². The van der Waals surface area contributed by atoms with E-state index in [0.717, 1.165) is 19.9 Å². The van der Waals surface area contributed by atoms with Crippen LogP contribution in [0.25, 0.3) is 0 Å². The molecular weight excluding hydrogens is 306 g/mol. The average Bonchev–Trinajstić information content (AvgIpc) is 2.72. The van der Waals surface area contributed by atoms with E-state index in [2.05, 4.69) is 31.4 Å². The minimum Gasteiger partial charge on any atom is -0.355 e. The second-order valence-electron chi connectivity index (χ2n) is 2.42. The van der Waals surface area contributed by atoms with Crippen LogP contribution in [0.4, 0.5) is 5.13 Å². The molecule has 0 atom stereocenters. The maximum Gasteiger partial charge on any atom is 0.206 e. The Bertz CT molecular complexity index is 388. The van der Waals surface area contributed by atoms with Gasteiger partial charge in [-0.3, -0.25) is 0 Å². The third-order valence-corrected chi connectivity index (χ3v) is 3.99. The van der Waals surface area contributed by atoms with E-state index in [0.29, 0.717) is 0 Å². The van der Waals surface area contributed by atoms with Gasteiger partial charge in [-0.1, -0.05) is 22.9 Å². The molecule has 0 aliphatic carbocycles. The summed E-state index contributed by atoms with van der Waals surface area (Å²) in [6.07, 6.45) is 0. The molecule has 0 aliphatic rings. The Hall–Kier alpha value is -0.170. The summed E-state index contributed by atoms with van der Waals surface area (Å²) in [6, 6.07) is 3.88. The van der Waals surface area contributed by atoms with Crippen LogP contribution in [-0.4, -0.2) is 10.2 Å². The summed E-state index contributed by atoms with van der Waals surface area (Å²) < 4.78 is 1.59. The SMILES string of the molecule is Clc1ccc(CNc2nnc(Br)s2)s1. The van der Waals surface area contributed by atoms with E-state index in [1.165, 1.54) is 16.2 Å². The highest BCUT2D eigenvalue weighted by Crippen LogP contribution is 2.24. The van der Waals surface area contributed by atoms with Crippen LogP contribution >= 0.6 is 50.2 Å². The van der Waals surface area contributed by atoms with E-state index < -0.39 is 0 Å². The average molecular weight is 311 g/mol. The number of thiophene rings is 1. The third-order valence-electron chi connectivity index (χ3n) is 1.44. The summed E-state index contributed by atoms with van der Waals surface area (Å²) in [7, 11) is 0. The largest absolute Gasteiger partial charge is 0.355 e. The van der Waals surface area contributed by atoms with Crippen molar-refractivity contribution in [3.05, 3.63) is 25.3 Å². The molecule has 74 valence electrons. The van der Waals surface area contributed by atoms with Crippen LogP contribution < -0.4 is 5.32 Å². The number of aromatic nitrogens is 2. The van der Waals surface area contributed by atoms with Crippen LogP contribution in [0.3, 0.4) is 0 Å². The zero-order valence-corrected chi connectivity index (χ0v) is 10.8. The molecule has 0 amide bonds. The third kappa shape index (κ3) is 2.66. The Balaban J connectivity index is 1.94. The van der Waals surface area contributed by atoms with Gasteiger partial charge in [-0.2, -0.15) is 0 Å². The molecule has 14 heavy (non-hydrogen) atoms. The predicted octanol–water partition coefficient (Wildman–Crippen LogP) is 3.63. The number of rotatable bonds is 3. The summed E-state index contributed by atoms with van der Waals surface area (Å²) in [5.41, 5.74) is 0. The standard InChI is InChI=1S/C7H5BrClN3S2/c8-6-11-12-7(14-6)10-3-4-1-2-5(9)13-4/h1-2H,3H2,(H,10,12). The number of nitrogens with one attached hydrogen (secondary N) is 1. The van der Waals surface area contributed by atoms with Crippen molar-refractivity contribution < 1.29 is 0 Å². The van der Waals surface area contributed by atoms with Gasteiger partial charge in [0.1, 0.15) is 0 Å². The fourth-order valence-electron chi connectivity index (χ4n) is 0.886. The van der Waals surface area contributed by atoms with Gasteiger partial charge in [-0.05, 0) is 28.1 Å². The van der Waals surface area contributed by atoms with Gasteiger partial charge in [0.15, 0.2) is 3.92 Å². The Morgan fingerprint density at radius 2 is 2.21 bits per heavy atom. The van der Waals surface area contributed by atoms with Gasteiger partial charge in [-0.15, -0.1) is 21.5 Å². The van der Waals surface area contributed by atoms with Crippen LogP contribution in [0.5, 0.6) is 0 Å². The molecule has 0 saturated carbocycles. The molecular formula is C7H5BrClN3S2. The number of anilines is 1. The topological polar surface area (TPSA) is 37.8 Å². The zero-order valence-electron chi connectivity index (χ0n) is 6.83. The summed E-state index contributed by atoms with van der Waals surface area (Å²) in [4.78, 5) is 1.18. The Morgan fingerprint density at radius 1 is 1.36 bits per heavy atom. The summed E-state index contributed by atoms with van der Waals surface area (Å²) in [6.45, 7) is 0.735. The van der Waals surface area contributed by atoms with Crippen LogP contribution in [0.15, 0.2) is 16.0 Å². The van der Waals surface area contributed by atoms with Crippen molar-refractivity contribution >= 4 is 55.3 Å². The lowest BCUT2D eigenvalue weighted by molar-refractivity contribution is 1.05. The van der Waals surface area contributed by atoms with Crippen LogP contribution in [-0.2, 0) is 6.54 Å². The molecule has 0 fully saturated rings. The second kappa shape index (κ2) is 4.57. The first-order valence-corrected chi connectivity index (χ1v) is 6.51. The number of nitrogens with zero attached hydrogens (tertiary/aromatic N) is 2. The molecule has 0 spiro atoms. The minimum atomic E-state index is 0.735. The first-order valence-electron chi connectivity index (χ1n) is 3.71. The summed E-state index contributed by atoms with van der Waals surface area (Å²) >= 11 is 12.1. The maximum atomic E-state index is 5.80. The van der Waals surface area contributed by atoms with Gasteiger partial charge in [0.2, 0.25) is 5.13 Å². The van der Waals surface area contributed by atoms with Gasteiger partial charge in [0.25, 0.3) is 0 Å². The first kappa shape index (κ1) is 10.4. The van der Waals surface area contributed by atoms with Crippen molar-refractivity contribution in [2.45, 2.75) is 6.54 Å². The van der Waals surface area contributed by atoms with E-state index in [1.807, 2.05) is 12.1 Å². The van der Waals surface area contributed by atoms with E-state index in [4.69, 9.17) is 11.6 Å². The van der Waals surface area contributed by atoms with E-state index >= 15 is 0 Å². The maximum absolute atomic E-state index is 5.80. The summed E-state index contributed by atoms with van der Waals surface area (Å²) in [5, 5.41) is 11.7. The van der Waals surface area contributed by atoms with Crippen molar-refractivity contribution in [1.29, 1.82) is 0 Å². The normalized spacial score (nSPS) is 10.4.